The average Bonchev–Trinajstić information content (AvgIpc) is 3.47. The molecule has 1 aromatic heterocycles. The third-order valence-corrected chi connectivity index (χ3v) is 4.70. The largest absolute Gasteiger partial charge is 0.490 e. The lowest BCUT2D eigenvalue weighted by Gasteiger charge is -2.15. The van der Waals surface area contributed by atoms with Crippen LogP contribution in [0, 0.1) is 0 Å². The van der Waals surface area contributed by atoms with Crippen LogP contribution in [-0.2, 0) is 4.74 Å². The van der Waals surface area contributed by atoms with Gasteiger partial charge in [0.15, 0.2) is 5.76 Å². The highest BCUT2D eigenvalue weighted by molar-refractivity contribution is 6.07. The second kappa shape index (κ2) is 9.28. The van der Waals surface area contributed by atoms with Crippen molar-refractivity contribution in [3.8, 4) is 5.75 Å². The molecule has 2 aromatic carbocycles. The SMILES string of the molecule is O=C(Nc1cccc(NC(=O)c2ccccc2OC[C@H]2CCCO2)c1)c1ccco1. The smallest absolute Gasteiger partial charge is 0.291 e. The first-order valence-electron chi connectivity index (χ1n) is 9.79. The Morgan fingerprint density at radius 1 is 0.967 bits per heavy atom. The molecule has 30 heavy (non-hydrogen) atoms. The van der Waals surface area contributed by atoms with Crippen molar-refractivity contribution < 1.29 is 23.5 Å². The van der Waals surface area contributed by atoms with Gasteiger partial charge in [0.25, 0.3) is 11.8 Å². The second-order valence-corrected chi connectivity index (χ2v) is 6.91. The number of carbonyl (C=O) groups excluding carboxylic acids is 2. The quantitative estimate of drug-likeness (QED) is 0.609. The van der Waals surface area contributed by atoms with Gasteiger partial charge in [-0.1, -0.05) is 18.2 Å². The summed E-state index contributed by atoms with van der Waals surface area (Å²) in [6.07, 6.45) is 3.49. The Balaban J connectivity index is 1.42. The van der Waals surface area contributed by atoms with Gasteiger partial charge in [-0.3, -0.25) is 9.59 Å². The number of furan rings is 1. The summed E-state index contributed by atoms with van der Waals surface area (Å²) in [4.78, 5) is 25.0. The average molecular weight is 406 g/mol. The molecule has 1 atom stereocenters. The molecule has 3 aromatic rings. The summed E-state index contributed by atoms with van der Waals surface area (Å²) in [5.74, 6) is 0.0540. The Hall–Kier alpha value is -3.58. The lowest BCUT2D eigenvalue weighted by Crippen LogP contribution is -2.19. The van der Waals surface area contributed by atoms with Crippen LogP contribution in [-0.4, -0.2) is 31.1 Å². The van der Waals surface area contributed by atoms with Gasteiger partial charge < -0.3 is 24.5 Å². The van der Waals surface area contributed by atoms with Crippen LogP contribution < -0.4 is 15.4 Å². The molecule has 154 valence electrons. The van der Waals surface area contributed by atoms with Crippen LogP contribution in [0.5, 0.6) is 5.75 Å². The Labute approximate surface area is 174 Å². The second-order valence-electron chi connectivity index (χ2n) is 6.91. The number of nitrogens with one attached hydrogen (secondary N) is 2. The van der Waals surface area contributed by atoms with Crippen molar-refractivity contribution in [2.45, 2.75) is 18.9 Å². The highest BCUT2D eigenvalue weighted by atomic mass is 16.5. The zero-order valence-electron chi connectivity index (χ0n) is 16.3. The summed E-state index contributed by atoms with van der Waals surface area (Å²) >= 11 is 0. The summed E-state index contributed by atoms with van der Waals surface area (Å²) < 4.78 is 16.5. The minimum Gasteiger partial charge on any atom is -0.490 e. The Morgan fingerprint density at radius 3 is 2.50 bits per heavy atom. The van der Waals surface area contributed by atoms with Crippen molar-refractivity contribution in [3.05, 3.63) is 78.3 Å². The standard InChI is InChI=1S/C23H22N2O5/c26-22(19-9-1-2-10-20(19)30-15-18-8-4-12-28-18)24-16-6-3-7-17(14-16)25-23(27)21-11-5-13-29-21/h1-3,5-7,9-11,13-14,18H,4,8,12,15H2,(H,24,26)(H,25,27)/t18-/m1/s1. The van der Waals surface area contributed by atoms with E-state index in [0.717, 1.165) is 19.4 Å². The predicted octanol–water partition coefficient (Wildman–Crippen LogP) is 4.34. The van der Waals surface area contributed by atoms with Crippen LogP contribution in [0.15, 0.2) is 71.3 Å². The summed E-state index contributed by atoms with van der Waals surface area (Å²) in [7, 11) is 0. The van der Waals surface area contributed by atoms with Crippen molar-refractivity contribution in [1.29, 1.82) is 0 Å². The summed E-state index contributed by atoms with van der Waals surface area (Å²) in [6, 6.07) is 17.2. The van der Waals surface area contributed by atoms with Gasteiger partial charge in [0.2, 0.25) is 0 Å². The molecule has 0 unspecified atom stereocenters. The molecule has 7 heteroatoms. The molecule has 2 N–H and O–H groups in total. The first kappa shape index (κ1) is 19.7. The van der Waals surface area contributed by atoms with Gasteiger partial charge in [-0.25, -0.2) is 0 Å². The molecule has 2 heterocycles. The molecule has 0 saturated carbocycles. The fourth-order valence-electron chi connectivity index (χ4n) is 3.21. The van der Waals surface area contributed by atoms with Crippen LogP contribution in [0.4, 0.5) is 11.4 Å². The van der Waals surface area contributed by atoms with Gasteiger partial charge in [-0.2, -0.15) is 0 Å². The van der Waals surface area contributed by atoms with Crippen molar-refractivity contribution in [2.75, 3.05) is 23.8 Å². The first-order chi connectivity index (χ1) is 14.7. The van der Waals surface area contributed by atoms with E-state index in [9.17, 15) is 9.59 Å². The number of para-hydroxylation sites is 1. The zero-order chi connectivity index (χ0) is 20.8. The summed E-state index contributed by atoms with van der Waals surface area (Å²) in [5.41, 5.74) is 1.52. The van der Waals surface area contributed by atoms with Gasteiger partial charge in [-0.05, 0) is 55.3 Å². The fourth-order valence-corrected chi connectivity index (χ4v) is 3.21. The predicted molar refractivity (Wildman–Crippen MR) is 112 cm³/mol. The number of hydrogen-bond donors (Lipinski definition) is 2. The van der Waals surface area contributed by atoms with Crippen molar-refractivity contribution in [3.63, 3.8) is 0 Å². The molecule has 0 aliphatic carbocycles. The minimum atomic E-state index is -0.364. The summed E-state index contributed by atoms with van der Waals surface area (Å²) in [6.45, 7) is 1.17. The van der Waals surface area contributed by atoms with Crippen LogP contribution in [0.2, 0.25) is 0 Å². The number of carbonyl (C=O) groups is 2. The van der Waals surface area contributed by atoms with Crippen LogP contribution in [0.25, 0.3) is 0 Å². The molecule has 1 aliphatic heterocycles. The van der Waals surface area contributed by atoms with Crippen molar-refractivity contribution in [1.82, 2.24) is 0 Å². The molecule has 4 rings (SSSR count). The van der Waals surface area contributed by atoms with Gasteiger partial charge in [-0.15, -0.1) is 0 Å². The molecular formula is C23H22N2O5. The molecular weight excluding hydrogens is 384 g/mol. The number of amides is 2. The van der Waals surface area contributed by atoms with Crippen molar-refractivity contribution in [2.24, 2.45) is 0 Å². The maximum atomic E-state index is 12.8. The Kier molecular flexibility index (Phi) is 6.10. The third kappa shape index (κ3) is 4.87. The molecule has 0 bridgehead atoms. The molecule has 1 saturated heterocycles. The molecule has 0 radical (unpaired) electrons. The minimum absolute atomic E-state index is 0.0653. The van der Waals surface area contributed by atoms with E-state index >= 15 is 0 Å². The van der Waals surface area contributed by atoms with Gasteiger partial charge >= 0.3 is 0 Å². The Bertz CT molecular complexity index is 1010. The van der Waals surface area contributed by atoms with E-state index in [1.54, 1.807) is 54.6 Å². The van der Waals surface area contributed by atoms with E-state index in [4.69, 9.17) is 13.9 Å². The fraction of sp³-hybridized carbons (Fsp3) is 0.217. The molecule has 0 spiro atoms. The van der Waals surface area contributed by atoms with Crippen molar-refractivity contribution >= 4 is 23.2 Å². The van der Waals surface area contributed by atoms with Crippen LogP contribution in [0.1, 0.15) is 33.8 Å². The number of hydrogen-bond acceptors (Lipinski definition) is 5. The normalized spacial score (nSPS) is 15.5. The number of rotatable bonds is 7. The maximum Gasteiger partial charge on any atom is 0.291 e. The van der Waals surface area contributed by atoms with Crippen LogP contribution >= 0.6 is 0 Å². The zero-order valence-corrected chi connectivity index (χ0v) is 16.3. The van der Waals surface area contributed by atoms with E-state index < -0.39 is 0 Å². The van der Waals surface area contributed by atoms with Gasteiger partial charge in [0, 0.05) is 18.0 Å². The van der Waals surface area contributed by atoms with E-state index in [1.807, 2.05) is 6.07 Å². The summed E-state index contributed by atoms with van der Waals surface area (Å²) in [5, 5.41) is 5.59. The molecule has 2 amide bonds. The lowest BCUT2D eigenvalue weighted by molar-refractivity contribution is 0.0673. The van der Waals surface area contributed by atoms with E-state index in [0.29, 0.717) is 29.3 Å². The van der Waals surface area contributed by atoms with E-state index in [1.165, 1.54) is 6.26 Å². The van der Waals surface area contributed by atoms with Crippen LogP contribution in [0.3, 0.4) is 0 Å². The van der Waals surface area contributed by atoms with Gasteiger partial charge in [0.05, 0.1) is 17.9 Å². The molecule has 1 fully saturated rings. The number of benzene rings is 2. The first-order valence-corrected chi connectivity index (χ1v) is 9.79. The lowest BCUT2D eigenvalue weighted by atomic mass is 10.1. The number of ether oxygens (including phenoxy) is 2. The monoisotopic (exact) mass is 406 g/mol. The van der Waals surface area contributed by atoms with E-state index in [-0.39, 0.29) is 23.7 Å². The topological polar surface area (TPSA) is 89.8 Å². The molecule has 7 nitrogen and oxygen atoms in total. The maximum absolute atomic E-state index is 12.8. The van der Waals surface area contributed by atoms with E-state index in [2.05, 4.69) is 10.6 Å². The Morgan fingerprint density at radius 2 is 1.77 bits per heavy atom. The highest BCUT2D eigenvalue weighted by Crippen LogP contribution is 2.23. The van der Waals surface area contributed by atoms with Gasteiger partial charge in [0.1, 0.15) is 12.4 Å². The third-order valence-electron chi connectivity index (χ3n) is 4.70. The highest BCUT2D eigenvalue weighted by Gasteiger charge is 2.18. The number of anilines is 2. The molecule has 1 aliphatic rings.